The number of hydrogen-bond donors (Lipinski definition) is 0. The van der Waals surface area contributed by atoms with Crippen molar-refractivity contribution >= 4 is 11.0 Å². The van der Waals surface area contributed by atoms with Crippen LogP contribution in [0.5, 0.6) is 5.75 Å². The molecule has 2 aromatic carbocycles. The van der Waals surface area contributed by atoms with E-state index in [1.54, 1.807) is 0 Å². The molecule has 0 unspecified atom stereocenters. The highest BCUT2D eigenvalue weighted by Crippen LogP contribution is 2.27. The molecule has 2 heterocycles. The normalized spacial score (nSPS) is 16.7. The molecule has 0 N–H and O–H groups in total. The smallest absolute Gasteiger partial charge is 0.127 e. The maximum absolute atomic E-state index is 5.95. The van der Waals surface area contributed by atoms with Crippen molar-refractivity contribution < 1.29 is 4.74 Å². The number of imidazole rings is 1. The number of fused-ring (bicyclic) bond motifs is 1. The average molecular weight is 349 g/mol. The van der Waals surface area contributed by atoms with Crippen LogP contribution >= 0.6 is 0 Å². The first-order valence-electron chi connectivity index (χ1n) is 9.70. The monoisotopic (exact) mass is 349 g/mol. The quantitative estimate of drug-likeness (QED) is 0.648. The first kappa shape index (κ1) is 17.1. The van der Waals surface area contributed by atoms with Crippen LogP contribution in [0.15, 0.2) is 54.6 Å². The first-order chi connectivity index (χ1) is 12.8. The van der Waals surface area contributed by atoms with Crippen molar-refractivity contribution in [3.63, 3.8) is 0 Å². The lowest BCUT2D eigenvalue weighted by atomic mass is 10.1. The molecule has 0 radical (unpaired) electrons. The highest BCUT2D eigenvalue weighted by atomic mass is 16.5. The van der Waals surface area contributed by atoms with Crippen LogP contribution in [0.3, 0.4) is 0 Å². The number of rotatable bonds is 6. The van der Waals surface area contributed by atoms with Crippen LogP contribution in [0.1, 0.15) is 38.1 Å². The SMILES string of the molecule is C[C@H](c1nc2ccccc2n1CCOc1ccccc1)N1CCCCC1. The third-order valence-corrected chi connectivity index (χ3v) is 5.32. The van der Waals surface area contributed by atoms with E-state index < -0.39 is 0 Å². The summed E-state index contributed by atoms with van der Waals surface area (Å²) in [4.78, 5) is 7.55. The van der Waals surface area contributed by atoms with Crippen LogP contribution in [0.2, 0.25) is 0 Å². The Morgan fingerprint density at radius 3 is 2.50 bits per heavy atom. The summed E-state index contributed by atoms with van der Waals surface area (Å²) in [5, 5.41) is 0. The third kappa shape index (κ3) is 3.61. The fourth-order valence-electron chi connectivity index (χ4n) is 3.89. The number of para-hydroxylation sites is 3. The summed E-state index contributed by atoms with van der Waals surface area (Å²) in [6.45, 7) is 6.09. The van der Waals surface area contributed by atoms with Gasteiger partial charge < -0.3 is 9.30 Å². The van der Waals surface area contributed by atoms with E-state index >= 15 is 0 Å². The van der Waals surface area contributed by atoms with Gasteiger partial charge in [0.05, 0.1) is 23.6 Å². The third-order valence-electron chi connectivity index (χ3n) is 5.32. The number of piperidine rings is 1. The van der Waals surface area contributed by atoms with Crippen LogP contribution < -0.4 is 4.74 Å². The van der Waals surface area contributed by atoms with Crippen molar-refractivity contribution in [2.45, 2.75) is 38.8 Å². The summed E-state index contributed by atoms with van der Waals surface area (Å²) < 4.78 is 8.29. The molecule has 0 aliphatic carbocycles. The molecule has 1 fully saturated rings. The van der Waals surface area contributed by atoms with Gasteiger partial charge in [-0.1, -0.05) is 36.8 Å². The zero-order chi connectivity index (χ0) is 17.8. The van der Waals surface area contributed by atoms with E-state index in [-0.39, 0.29) is 0 Å². The number of nitrogens with zero attached hydrogens (tertiary/aromatic N) is 3. The van der Waals surface area contributed by atoms with Gasteiger partial charge in [-0.25, -0.2) is 4.98 Å². The molecule has 1 atom stereocenters. The highest BCUT2D eigenvalue weighted by Gasteiger charge is 2.23. The Labute approximate surface area is 155 Å². The van der Waals surface area contributed by atoms with Crippen molar-refractivity contribution in [2.75, 3.05) is 19.7 Å². The van der Waals surface area contributed by atoms with Gasteiger partial charge in [0.25, 0.3) is 0 Å². The number of aromatic nitrogens is 2. The molecule has 1 aliphatic rings. The zero-order valence-electron chi connectivity index (χ0n) is 15.5. The molecule has 4 nitrogen and oxygen atoms in total. The Kier molecular flexibility index (Phi) is 5.21. The van der Waals surface area contributed by atoms with Gasteiger partial charge in [0.15, 0.2) is 0 Å². The maximum Gasteiger partial charge on any atom is 0.127 e. The molecule has 1 aliphatic heterocycles. The summed E-state index contributed by atoms with van der Waals surface area (Å²) in [6, 6.07) is 18.8. The van der Waals surface area contributed by atoms with Crippen molar-refractivity contribution in [2.24, 2.45) is 0 Å². The van der Waals surface area contributed by atoms with Crippen molar-refractivity contribution in [1.82, 2.24) is 14.5 Å². The van der Waals surface area contributed by atoms with Crippen LogP contribution in [-0.2, 0) is 6.54 Å². The summed E-state index contributed by atoms with van der Waals surface area (Å²) >= 11 is 0. The molecule has 3 aromatic rings. The lowest BCUT2D eigenvalue weighted by molar-refractivity contribution is 0.165. The molecule has 1 saturated heterocycles. The molecule has 0 amide bonds. The fourth-order valence-corrected chi connectivity index (χ4v) is 3.89. The predicted molar refractivity (Wildman–Crippen MR) is 106 cm³/mol. The van der Waals surface area contributed by atoms with E-state index in [0.717, 1.165) is 23.6 Å². The van der Waals surface area contributed by atoms with Crippen LogP contribution in [0.25, 0.3) is 11.0 Å². The number of hydrogen-bond acceptors (Lipinski definition) is 3. The largest absolute Gasteiger partial charge is 0.492 e. The Morgan fingerprint density at radius 2 is 1.69 bits per heavy atom. The van der Waals surface area contributed by atoms with E-state index in [1.807, 2.05) is 30.3 Å². The lowest BCUT2D eigenvalue weighted by Gasteiger charge is -2.32. The van der Waals surface area contributed by atoms with E-state index in [1.165, 1.54) is 37.9 Å². The zero-order valence-corrected chi connectivity index (χ0v) is 15.5. The second kappa shape index (κ2) is 7.92. The summed E-state index contributed by atoms with van der Waals surface area (Å²) in [7, 11) is 0. The number of ether oxygens (including phenoxy) is 1. The van der Waals surface area contributed by atoms with Gasteiger partial charge >= 0.3 is 0 Å². The van der Waals surface area contributed by atoms with Crippen LogP contribution in [0.4, 0.5) is 0 Å². The van der Waals surface area contributed by atoms with Gasteiger partial charge in [-0.2, -0.15) is 0 Å². The van der Waals surface area contributed by atoms with Gasteiger partial charge in [0.2, 0.25) is 0 Å². The Balaban J connectivity index is 1.57. The molecular formula is C22H27N3O. The standard InChI is InChI=1S/C22H27N3O/c1-18(24-14-8-3-9-15-24)22-23-20-12-6-7-13-21(20)25(22)16-17-26-19-10-4-2-5-11-19/h2,4-7,10-13,18H,3,8-9,14-17H2,1H3/t18-/m1/s1. The van der Waals surface area contributed by atoms with Gasteiger partial charge in [0.1, 0.15) is 18.2 Å². The van der Waals surface area contributed by atoms with Crippen molar-refractivity contribution in [3.8, 4) is 5.75 Å². The van der Waals surface area contributed by atoms with Crippen molar-refractivity contribution in [1.29, 1.82) is 0 Å². The van der Waals surface area contributed by atoms with Crippen LogP contribution in [-0.4, -0.2) is 34.1 Å². The molecule has 4 rings (SSSR count). The summed E-state index contributed by atoms with van der Waals surface area (Å²) in [5.41, 5.74) is 2.27. The van der Waals surface area contributed by atoms with Gasteiger partial charge in [-0.3, -0.25) is 4.90 Å². The second-order valence-electron chi connectivity index (χ2n) is 7.04. The van der Waals surface area contributed by atoms with Gasteiger partial charge in [-0.15, -0.1) is 0 Å². The highest BCUT2D eigenvalue weighted by molar-refractivity contribution is 5.76. The average Bonchev–Trinajstić information content (AvgIpc) is 3.08. The Morgan fingerprint density at radius 1 is 0.962 bits per heavy atom. The fraction of sp³-hybridized carbons (Fsp3) is 0.409. The predicted octanol–water partition coefficient (Wildman–Crippen LogP) is 4.66. The number of likely N-dealkylation sites (tertiary alicyclic amines) is 1. The molecule has 0 saturated carbocycles. The Hall–Kier alpha value is -2.33. The van der Waals surface area contributed by atoms with Crippen molar-refractivity contribution in [3.05, 3.63) is 60.4 Å². The van der Waals surface area contributed by atoms with Gasteiger partial charge in [0, 0.05) is 0 Å². The number of benzene rings is 2. The summed E-state index contributed by atoms with van der Waals surface area (Å²) in [5.74, 6) is 2.08. The molecule has 4 heteroatoms. The first-order valence-corrected chi connectivity index (χ1v) is 9.70. The van der Waals surface area contributed by atoms with E-state index in [4.69, 9.17) is 9.72 Å². The van der Waals surface area contributed by atoms with Crippen LogP contribution in [0, 0.1) is 0 Å². The van der Waals surface area contributed by atoms with Gasteiger partial charge in [-0.05, 0) is 57.1 Å². The molecule has 1 aromatic heterocycles. The lowest BCUT2D eigenvalue weighted by Crippen LogP contribution is -2.34. The molecule has 26 heavy (non-hydrogen) atoms. The minimum absolute atomic E-state index is 0.333. The topological polar surface area (TPSA) is 30.3 Å². The molecule has 136 valence electrons. The minimum Gasteiger partial charge on any atom is -0.492 e. The minimum atomic E-state index is 0.333. The van der Waals surface area contributed by atoms with E-state index in [0.29, 0.717) is 12.6 Å². The summed E-state index contributed by atoms with van der Waals surface area (Å²) in [6.07, 6.45) is 3.94. The van der Waals surface area contributed by atoms with E-state index in [9.17, 15) is 0 Å². The molecule has 0 bridgehead atoms. The second-order valence-corrected chi connectivity index (χ2v) is 7.04. The molecular weight excluding hydrogens is 322 g/mol. The van der Waals surface area contributed by atoms with E-state index in [2.05, 4.69) is 40.7 Å². The maximum atomic E-state index is 5.95. The molecule has 0 spiro atoms. The Bertz CT molecular complexity index is 837.